The first-order valence-electron chi connectivity index (χ1n) is 9.93. The number of anilines is 1. The highest BCUT2D eigenvalue weighted by Gasteiger charge is 2.35. The Bertz CT molecular complexity index is 1560. The predicted octanol–water partition coefficient (Wildman–Crippen LogP) is 2.58. The number of nitrogens with one attached hydrogen (secondary N) is 1. The Morgan fingerprint density at radius 2 is 1.62 bits per heavy atom. The molecule has 1 aliphatic heterocycles. The van der Waals surface area contributed by atoms with Gasteiger partial charge in [-0.2, -0.15) is 0 Å². The fourth-order valence-corrected chi connectivity index (χ4v) is 6.18. The van der Waals surface area contributed by atoms with Crippen LogP contribution in [0.3, 0.4) is 0 Å². The highest BCUT2D eigenvalue weighted by Crippen LogP contribution is 2.35. The number of amides is 1. The molecular weight excluding hydrogens is 480 g/mol. The second-order valence-electron chi connectivity index (χ2n) is 7.64. The molecule has 1 heterocycles. The summed E-state index contributed by atoms with van der Waals surface area (Å²) in [5.74, 6) is -0.946. The lowest BCUT2D eigenvalue weighted by molar-refractivity contribution is 0.101. The van der Waals surface area contributed by atoms with Gasteiger partial charge in [0.1, 0.15) is 5.75 Å². The molecule has 3 aromatic rings. The normalized spacial score (nSPS) is 14.3. The summed E-state index contributed by atoms with van der Waals surface area (Å²) >= 11 is 0. The van der Waals surface area contributed by atoms with Gasteiger partial charge in [-0.15, -0.1) is 0 Å². The van der Waals surface area contributed by atoms with Crippen LogP contribution in [0.2, 0.25) is 0 Å². The fraction of sp³-hybridized carbons (Fsp3) is 0.130. The number of carbonyl (C=O) groups excluding carboxylic acids is 2. The van der Waals surface area contributed by atoms with E-state index in [9.17, 15) is 26.4 Å². The Morgan fingerprint density at radius 3 is 2.29 bits per heavy atom. The SMILES string of the molecule is COc1ccc(S(=O)(=O)N(C)C)cc1NC(=O)c1ccc2c(c1)S(=O)(=O)c1ccccc1C2=O. The summed E-state index contributed by atoms with van der Waals surface area (Å²) in [6.07, 6.45) is 0. The van der Waals surface area contributed by atoms with Gasteiger partial charge in [-0.05, 0) is 48.5 Å². The molecule has 0 aliphatic carbocycles. The van der Waals surface area contributed by atoms with Gasteiger partial charge in [0.25, 0.3) is 5.91 Å². The lowest BCUT2D eigenvalue weighted by Crippen LogP contribution is -2.23. The van der Waals surface area contributed by atoms with Gasteiger partial charge < -0.3 is 10.1 Å². The molecule has 1 N–H and O–H groups in total. The fourth-order valence-electron chi connectivity index (χ4n) is 3.58. The number of benzene rings is 3. The molecule has 0 fully saturated rings. The summed E-state index contributed by atoms with van der Waals surface area (Å²) in [6.45, 7) is 0. The third kappa shape index (κ3) is 3.77. The topological polar surface area (TPSA) is 127 Å². The third-order valence-electron chi connectivity index (χ3n) is 5.40. The van der Waals surface area contributed by atoms with Crippen molar-refractivity contribution in [2.24, 2.45) is 0 Å². The minimum absolute atomic E-state index is 0.0214. The molecule has 176 valence electrons. The average molecular weight is 501 g/mol. The number of ketones is 1. The molecule has 0 saturated carbocycles. The monoisotopic (exact) mass is 500 g/mol. The number of hydrogen-bond donors (Lipinski definition) is 1. The van der Waals surface area contributed by atoms with Gasteiger partial charge in [0, 0.05) is 30.8 Å². The number of ether oxygens (including phenoxy) is 1. The zero-order valence-electron chi connectivity index (χ0n) is 18.4. The first-order chi connectivity index (χ1) is 16.0. The lowest BCUT2D eigenvalue weighted by Gasteiger charge is -2.19. The first-order valence-corrected chi connectivity index (χ1v) is 12.9. The van der Waals surface area contributed by atoms with E-state index in [0.29, 0.717) is 0 Å². The Labute approximate surface area is 196 Å². The summed E-state index contributed by atoms with van der Waals surface area (Å²) in [6, 6.07) is 13.7. The standard InChI is InChI=1S/C23H20N2O7S2/c1-25(2)34(30,31)15-9-11-19(32-3)18(13-15)24-23(27)14-8-10-17-21(12-14)33(28,29)20-7-5-4-6-16(20)22(17)26/h4-13H,1-3H3,(H,24,27). The van der Waals surface area contributed by atoms with Crippen molar-refractivity contribution < 1.29 is 31.2 Å². The molecule has 0 aromatic heterocycles. The minimum atomic E-state index is -4.02. The molecule has 1 aliphatic rings. The molecule has 0 atom stereocenters. The number of carbonyl (C=O) groups is 2. The molecule has 0 radical (unpaired) electrons. The Balaban J connectivity index is 1.74. The summed E-state index contributed by atoms with van der Waals surface area (Å²) in [4.78, 5) is 25.3. The van der Waals surface area contributed by atoms with Crippen LogP contribution < -0.4 is 10.1 Å². The largest absolute Gasteiger partial charge is 0.495 e. The van der Waals surface area contributed by atoms with Gasteiger partial charge >= 0.3 is 0 Å². The van der Waals surface area contributed by atoms with E-state index in [0.717, 1.165) is 10.4 Å². The summed E-state index contributed by atoms with van der Waals surface area (Å²) in [7, 11) is -3.68. The molecule has 1 amide bonds. The van der Waals surface area contributed by atoms with E-state index in [4.69, 9.17) is 4.74 Å². The highest BCUT2D eigenvalue weighted by molar-refractivity contribution is 7.91. The Kier molecular flexibility index (Phi) is 5.80. The summed E-state index contributed by atoms with van der Waals surface area (Å²) in [5, 5.41) is 2.57. The van der Waals surface area contributed by atoms with Gasteiger partial charge in [0.15, 0.2) is 5.78 Å². The van der Waals surface area contributed by atoms with E-state index in [1.807, 2.05) is 0 Å². The number of nitrogens with zero attached hydrogens (tertiary/aromatic N) is 1. The summed E-state index contributed by atoms with van der Waals surface area (Å²) < 4.78 is 57.4. The average Bonchev–Trinajstić information content (AvgIpc) is 2.82. The van der Waals surface area contributed by atoms with Crippen molar-refractivity contribution in [2.75, 3.05) is 26.5 Å². The Hall–Kier alpha value is -3.54. The Morgan fingerprint density at radius 1 is 0.941 bits per heavy atom. The van der Waals surface area contributed by atoms with E-state index in [1.165, 1.54) is 69.7 Å². The van der Waals surface area contributed by atoms with Crippen LogP contribution in [0.1, 0.15) is 26.3 Å². The number of rotatable bonds is 5. The summed E-state index contributed by atoms with van der Waals surface area (Å²) in [5.41, 5.74) is 0.109. The molecule has 0 spiro atoms. The van der Waals surface area contributed by atoms with Crippen LogP contribution in [0, 0.1) is 0 Å². The van der Waals surface area contributed by atoms with Crippen LogP contribution in [0.4, 0.5) is 5.69 Å². The molecule has 0 saturated heterocycles. The second kappa shape index (κ2) is 8.35. The first kappa shape index (κ1) is 23.6. The van der Waals surface area contributed by atoms with Crippen molar-refractivity contribution in [3.8, 4) is 5.75 Å². The van der Waals surface area contributed by atoms with Crippen molar-refractivity contribution in [2.45, 2.75) is 14.7 Å². The zero-order chi connectivity index (χ0) is 24.8. The maximum atomic E-state index is 13.1. The van der Waals surface area contributed by atoms with Crippen molar-refractivity contribution >= 4 is 37.2 Å². The molecule has 4 rings (SSSR count). The minimum Gasteiger partial charge on any atom is -0.495 e. The zero-order valence-corrected chi connectivity index (χ0v) is 20.0. The van der Waals surface area contributed by atoms with E-state index in [1.54, 1.807) is 6.07 Å². The van der Waals surface area contributed by atoms with Crippen LogP contribution in [0.15, 0.2) is 75.4 Å². The van der Waals surface area contributed by atoms with Crippen molar-refractivity contribution in [3.63, 3.8) is 0 Å². The van der Waals surface area contributed by atoms with Gasteiger partial charge in [-0.3, -0.25) is 9.59 Å². The maximum absolute atomic E-state index is 13.1. The molecular formula is C23H20N2O7S2. The molecule has 0 unspecified atom stereocenters. The van der Waals surface area contributed by atoms with Crippen LogP contribution in [-0.2, 0) is 19.9 Å². The van der Waals surface area contributed by atoms with Crippen LogP contribution in [0.5, 0.6) is 5.75 Å². The number of fused-ring (bicyclic) bond motifs is 2. The van der Waals surface area contributed by atoms with Crippen molar-refractivity contribution in [1.82, 2.24) is 4.31 Å². The van der Waals surface area contributed by atoms with Crippen LogP contribution in [0.25, 0.3) is 0 Å². The molecule has 9 nitrogen and oxygen atoms in total. The van der Waals surface area contributed by atoms with Crippen molar-refractivity contribution in [1.29, 1.82) is 0 Å². The maximum Gasteiger partial charge on any atom is 0.255 e. The van der Waals surface area contributed by atoms with Gasteiger partial charge in [-0.1, -0.05) is 12.1 Å². The van der Waals surface area contributed by atoms with Crippen LogP contribution >= 0.6 is 0 Å². The van der Waals surface area contributed by atoms with Gasteiger partial charge in [0.2, 0.25) is 19.9 Å². The molecule has 3 aromatic carbocycles. The number of sulfonamides is 1. The lowest BCUT2D eigenvalue weighted by atomic mass is 10.0. The predicted molar refractivity (Wildman–Crippen MR) is 124 cm³/mol. The quantitative estimate of drug-likeness (QED) is 0.446. The smallest absolute Gasteiger partial charge is 0.255 e. The van der Waals surface area contributed by atoms with Crippen LogP contribution in [-0.4, -0.2) is 54.0 Å². The van der Waals surface area contributed by atoms with E-state index >= 15 is 0 Å². The van der Waals surface area contributed by atoms with Gasteiger partial charge in [-0.25, -0.2) is 21.1 Å². The number of methoxy groups -OCH3 is 1. The van der Waals surface area contributed by atoms with E-state index in [-0.39, 0.29) is 42.8 Å². The number of hydrogen-bond acceptors (Lipinski definition) is 7. The van der Waals surface area contributed by atoms with Crippen molar-refractivity contribution in [3.05, 3.63) is 77.4 Å². The van der Waals surface area contributed by atoms with E-state index < -0.39 is 31.6 Å². The highest BCUT2D eigenvalue weighted by atomic mass is 32.2. The molecule has 11 heteroatoms. The molecule has 34 heavy (non-hydrogen) atoms. The third-order valence-corrected chi connectivity index (χ3v) is 9.06. The van der Waals surface area contributed by atoms with E-state index in [2.05, 4.69) is 5.32 Å². The number of sulfone groups is 1. The van der Waals surface area contributed by atoms with Gasteiger partial charge in [0.05, 0.1) is 27.5 Å². The second-order valence-corrected chi connectivity index (χ2v) is 11.7. The molecule has 0 bridgehead atoms.